The van der Waals surface area contributed by atoms with E-state index < -0.39 is 0 Å². The van der Waals surface area contributed by atoms with Crippen molar-refractivity contribution < 1.29 is 9.53 Å². The number of aryl methyl sites for hydroxylation is 2. The molecule has 0 aliphatic carbocycles. The van der Waals surface area contributed by atoms with E-state index in [1.165, 1.54) is 5.56 Å². The van der Waals surface area contributed by atoms with Gasteiger partial charge in [-0.05, 0) is 52.4 Å². The topological polar surface area (TPSA) is 76.0 Å². The average molecular weight is 458 g/mol. The van der Waals surface area contributed by atoms with Gasteiger partial charge in [0.15, 0.2) is 0 Å². The highest BCUT2D eigenvalue weighted by molar-refractivity contribution is 5.90. The molecule has 1 unspecified atom stereocenters. The monoisotopic (exact) mass is 457 g/mol. The van der Waals surface area contributed by atoms with Gasteiger partial charge in [0.25, 0.3) is 0 Å². The molecule has 7 nitrogen and oxygen atoms in total. The first-order valence-electron chi connectivity index (χ1n) is 11.5. The van der Waals surface area contributed by atoms with Crippen LogP contribution in [0.4, 0.5) is 0 Å². The Balaban J connectivity index is 1.64. The number of carbonyl (C=O) groups is 1. The molecule has 0 bridgehead atoms. The molecule has 176 valence electrons. The first-order valence-corrected chi connectivity index (χ1v) is 11.5. The quantitative estimate of drug-likeness (QED) is 0.366. The van der Waals surface area contributed by atoms with Gasteiger partial charge in [0.1, 0.15) is 5.56 Å². The van der Waals surface area contributed by atoms with E-state index in [9.17, 15) is 4.79 Å². The van der Waals surface area contributed by atoms with E-state index in [1.54, 1.807) is 6.20 Å². The van der Waals surface area contributed by atoms with Crippen molar-refractivity contribution in [2.45, 2.75) is 40.3 Å². The molecule has 0 aliphatic heterocycles. The lowest BCUT2D eigenvalue weighted by atomic mass is 10.1. The number of carbonyl (C=O) groups excluding carboxylic acids is 1. The van der Waals surface area contributed by atoms with Crippen LogP contribution in [0.2, 0.25) is 0 Å². The lowest BCUT2D eigenvalue weighted by Gasteiger charge is -2.24. The van der Waals surface area contributed by atoms with E-state index in [4.69, 9.17) is 4.74 Å². The van der Waals surface area contributed by atoms with Gasteiger partial charge in [0, 0.05) is 18.2 Å². The largest absolute Gasteiger partial charge is 0.462 e. The highest BCUT2D eigenvalue weighted by Crippen LogP contribution is 2.27. The summed E-state index contributed by atoms with van der Waals surface area (Å²) in [6.07, 6.45) is 1.61. The molecule has 0 saturated carbocycles. The van der Waals surface area contributed by atoms with Crippen molar-refractivity contribution in [3.63, 3.8) is 0 Å². The summed E-state index contributed by atoms with van der Waals surface area (Å²) >= 11 is 0. The predicted molar refractivity (Wildman–Crippen MR) is 133 cm³/mol. The van der Waals surface area contributed by atoms with Crippen molar-refractivity contribution in [3.05, 3.63) is 88.9 Å². The van der Waals surface area contributed by atoms with Crippen LogP contribution in [0.3, 0.4) is 0 Å². The van der Waals surface area contributed by atoms with Gasteiger partial charge >= 0.3 is 5.97 Å². The van der Waals surface area contributed by atoms with Crippen LogP contribution >= 0.6 is 0 Å². The Morgan fingerprint density at radius 1 is 1.15 bits per heavy atom. The average Bonchev–Trinajstić information content (AvgIpc) is 3.47. The second-order valence-electron chi connectivity index (χ2n) is 8.59. The third-order valence-corrected chi connectivity index (χ3v) is 6.12. The van der Waals surface area contributed by atoms with Crippen LogP contribution in [0.15, 0.2) is 60.8 Å². The number of H-pyrrole nitrogens is 1. The van der Waals surface area contributed by atoms with Gasteiger partial charge in [-0.1, -0.05) is 48.0 Å². The zero-order chi connectivity index (χ0) is 24.2. The Morgan fingerprint density at radius 3 is 2.62 bits per heavy atom. The molecule has 4 rings (SSSR count). The SMILES string of the molecule is CCOC(=O)c1cnn(-c2ccc(C)cc2C)c1CN(C)C(C)c1cc(-c2ccccc2)n[nH]1. The van der Waals surface area contributed by atoms with Crippen LogP contribution in [0.1, 0.15) is 52.8 Å². The summed E-state index contributed by atoms with van der Waals surface area (Å²) in [5, 5.41) is 12.3. The molecule has 0 aliphatic rings. The fourth-order valence-corrected chi connectivity index (χ4v) is 4.07. The minimum Gasteiger partial charge on any atom is -0.462 e. The summed E-state index contributed by atoms with van der Waals surface area (Å²) in [5.74, 6) is -0.359. The van der Waals surface area contributed by atoms with Gasteiger partial charge in [-0.3, -0.25) is 10.00 Å². The molecule has 0 amide bonds. The molecular formula is C27H31N5O2. The molecule has 2 aromatic heterocycles. The molecule has 2 aromatic carbocycles. The van der Waals surface area contributed by atoms with E-state index in [1.807, 2.05) is 55.1 Å². The zero-order valence-corrected chi connectivity index (χ0v) is 20.4. The van der Waals surface area contributed by atoms with Gasteiger partial charge in [-0.15, -0.1) is 0 Å². The Morgan fingerprint density at radius 2 is 1.91 bits per heavy atom. The van der Waals surface area contributed by atoms with E-state index in [0.717, 1.165) is 33.9 Å². The molecular weight excluding hydrogens is 426 g/mol. The van der Waals surface area contributed by atoms with Crippen molar-refractivity contribution in [1.29, 1.82) is 0 Å². The van der Waals surface area contributed by atoms with Gasteiger partial charge in [-0.25, -0.2) is 9.48 Å². The first-order chi connectivity index (χ1) is 16.4. The van der Waals surface area contributed by atoms with E-state index in [0.29, 0.717) is 18.7 Å². The molecule has 0 saturated heterocycles. The molecule has 34 heavy (non-hydrogen) atoms. The number of hydrogen-bond acceptors (Lipinski definition) is 5. The molecule has 1 atom stereocenters. The second-order valence-corrected chi connectivity index (χ2v) is 8.59. The van der Waals surface area contributed by atoms with Crippen LogP contribution in [0.5, 0.6) is 0 Å². The Labute approximate surface area is 200 Å². The van der Waals surface area contributed by atoms with Crippen molar-refractivity contribution in [2.24, 2.45) is 0 Å². The summed E-state index contributed by atoms with van der Waals surface area (Å²) in [6.45, 7) is 8.86. The summed E-state index contributed by atoms with van der Waals surface area (Å²) in [7, 11) is 2.03. The van der Waals surface area contributed by atoms with E-state index >= 15 is 0 Å². The number of hydrogen-bond donors (Lipinski definition) is 1. The van der Waals surface area contributed by atoms with Crippen molar-refractivity contribution in [1.82, 2.24) is 24.9 Å². The molecule has 7 heteroatoms. The number of aromatic amines is 1. The summed E-state index contributed by atoms with van der Waals surface area (Å²) in [4.78, 5) is 14.9. The molecule has 4 aromatic rings. The van der Waals surface area contributed by atoms with Crippen LogP contribution < -0.4 is 0 Å². The minimum absolute atomic E-state index is 0.0301. The third kappa shape index (κ3) is 4.79. The second kappa shape index (κ2) is 10.1. The Kier molecular flexibility index (Phi) is 6.93. The standard InChI is InChI=1S/C27H31N5O2/c1-6-34-27(33)22-16-28-32(25-13-12-18(2)14-19(25)3)26(22)17-31(5)20(4)23-15-24(30-29-23)21-10-8-7-9-11-21/h7-16,20H,6,17H2,1-5H3,(H,29,30). The van der Waals surface area contributed by atoms with Gasteiger partial charge < -0.3 is 4.74 Å². The van der Waals surface area contributed by atoms with Crippen molar-refractivity contribution >= 4 is 5.97 Å². The van der Waals surface area contributed by atoms with Crippen LogP contribution in [0.25, 0.3) is 16.9 Å². The number of aromatic nitrogens is 4. The fourth-order valence-electron chi connectivity index (χ4n) is 4.07. The number of esters is 1. The number of benzene rings is 2. The lowest BCUT2D eigenvalue weighted by Crippen LogP contribution is -2.25. The molecule has 2 heterocycles. The number of rotatable bonds is 8. The van der Waals surface area contributed by atoms with Crippen LogP contribution in [0, 0.1) is 13.8 Å². The maximum absolute atomic E-state index is 12.7. The molecule has 1 N–H and O–H groups in total. The molecule has 0 fully saturated rings. The zero-order valence-electron chi connectivity index (χ0n) is 20.4. The maximum Gasteiger partial charge on any atom is 0.341 e. The fraction of sp³-hybridized carbons (Fsp3) is 0.296. The number of ether oxygens (including phenoxy) is 1. The summed E-state index contributed by atoms with van der Waals surface area (Å²) in [5.41, 5.74) is 7.47. The molecule has 0 spiro atoms. The van der Waals surface area contributed by atoms with Crippen LogP contribution in [-0.4, -0.2) is 44.5 Å². The van der Waals surface area contributed by atoms with Gasteiger partial charge in [-0.2, -0.15) is 10.2 Å². The normalized spacial score (nSPS) is 12.2. The van der Waals surface area contributed by atoms with Crippen molar-refractivity contribution in [2.75, 3.05) is 13.7 Å². The highest BCUT2D eigenvalue weighted by atomic mass is 16.5. The Hall–Kier alpha value is -3.71. The van der Waals surface area contributed by atoms with Crippen molar-refractivity contribution in [3.8, 4) is 16.9 Å². The maximum atomic E-state index is 12.7. The predicted octanol–water partition coefficient (Wildman–Crippen LogP) is 5.25. The number of nitrogens with one attached hydrogen (secondary N) is 1. The highest BCUT2D eigenvalue weighted by Gasteiger charge is 2.24. The lowest BCUT2D eigenvalue weighted by molar-refractivity contribution is 0.0523. The van der Waals surface area contributed by atoms with Crippen LogP contribution in [-0.2, 0) is 11.3 Å². The third-order valence-electron chi connectivity index (χ3n) is 6.12. The number of nitrogens with zero attached hydrogens (tertiary/aromatic N) is 4. The van der Waals surface area contributed by atoms with Gasteiger partial charge in [0.2, 0.25) is 0 Å². The molecule has 0 radical (unpaired) electrons. The minimum atomic E-state index is -0.359. The van der Waals surface area contributed by atoms with E-state index in [-0.39, 0.29) is 12.0 Å². The smallest absolute Gasteiger partial charge is 0.341 e. The summed E-state index contributed by atoms with van der Waals surface area (Å²) in [6, 6.07) is 18.4. The van der Waals surface area contributed by atoms with Gasteiger partial charge in [0.05, 0.1) is 35.6 Å². The first kappa shape index (κ1) is 23.4. The summed E-state index contributed by atoms with van der Waals surface area (Å²) < 4.78 is 7.17. The van der Waals surface area contributed by atoms with E-state index in [2.05, 4.69) is 59.2 Å². The Bertz CT molecular complexity index is 1280.